The van der Waals surface area contributed by atoms with E-state index < -0.39 is 4.87 Å². The number of rotatable bonds is 3. The van der Waals surface area contributed by atoms with Crippen molar-refractivity contribution in [3.63, 3.8) is 0 Å². The Kier molecular flexibility index (Phi) is 5.60. The van der Waals surface area contributed by atoms with Gasteiger partial charge in [-0.05, 0) is 56.2 Å². The highest BCUT2D eigenvalue weighted by atomic mass is 32.2. The SMILES string of the molecule is Cc1ccc2c(c1)[C@@]1(SCCN1C(=O)Nc1ccc(C)c(C)c1)C(=O)N2Cc1ccccc1F. The molecule has 0 bridgehead atoms. The normalized spacial score (nSPS) is 19.1. The largest absolute Gasteiger partial charge is 0.323 e. The van der Waals surface area contributed by atoms with Gasteiger partial charge >= 0.3 is 6.03 Å². The van der Waals surface area contributed by atoms with E-state index in [-0.39, 0.29) is 24.3 Å². The van der Waals surface area contributed by atoms with Gasteiger partial charge in [0.15, 0.2) is 4.87 Å². The number of thioether (sulfide) groups is 1. The first-order chi connectivity index (χ1) is 16.3. The Morgan fingerprint density at radius 3 is 2.62 bits per heavy atom. The van der Waals surface area contributed by atoms with Crippen LogP contribution >= 0.6 is 11.8 Å². The first kappa shape index (κ1) is 22.5. The number of aryl methyl sites for hydroxylation is 3. The third-order valence-electron chi connectivity index (χ3n) is 6.64. The Morgan fingerprint density at radius 2 is 1.85 bits per heavy atom. The Balaban J connectivity index is 1.53. The molecule has 3 amide bonds. The van der Waals surface area contributed by atoms with Crippen molar-refractivity contribution in [1.29, 1.82) is 0 Å². The van der Waals surface area contributed by atoms with Crippen molar-refractivity contribution < 1.29 is 14.0 Å². The molecule has 7 heteroatoms. The van der Waals surface area contributed by atoms with Crippen LogP contribution in [0.4, 0.5) is 20.6 Å². The summed E-state index contributed by atoms with van der Waals surface area (Å²) in [6.45, 7) is 6.54. The van der Waals surface area contributed by atoms with Gasteiger partial charge in [-0.25, -0.2) is 9.18 Å². The van der Waals surface area contributed by atoms with Crippen molar-refractivity contribution in [3.05, 3.63) is 94.3 Å². The average Bonchev–Trinajstić information content (AvgIpc) is 3.35. The first-order valence-corrected chi connectivity index (χ1v) is 12.3. The zero-order chi connectivity index (χ0) is 24.0. The molecule has 2 aliphatic rings. The van der Waals surface area contributed by atoms with Gasteiger partial charge in [-0.1, -0.05) is 42.0 Å². The summed E-state index contributed by atoms with van der Waals surface area (Å²) < 4.78 is 14.5. The molecule has 0 aromatic heterocycles. The molecule has 3 aromatic rings. The molecule has 5 rings (SSSR count). The highest BCUT2D eigenvalue weighted by molar-refractivity contribution is 8.01. The van der Waals surface area contributed by atoms with Crippen molar-refractivity contribution in [2.45, 2.75) is 32.2 Å². The van der Waals surface area contributed by atoms with Gasteiger partial charge in [-0.3, -0.25) is 9.69 Å². The molecule has 1 spiro atoms. The number of anilines is 2. The molecule has 0 saturated carbocycles. The van der Waals surface area contributed by atoms with E-state index in [4.69, 9.17) is 0 Å². The lowest BCUT2D eigenvalue weighted by molar-refractivity contribution is -0.123. The number of halogens is 1. The van der Waals surface area contributed by atoms with E-state index in [0.29, 0.717) is 23.5 Å². The highest BCUT2D eigenvalue weighted by Gasteiger charge is 2.59. The fourth-order valence-electron chi connectivity index (χ4n) is 4.69. The summed E-state index contributed by atoms with van der Waals surface area (Å²) in [6.07, 6.45) is 0. The second kappa shape index (κ2) is 8.47. The Bertz CT molecular complexity index is 1310. The van der Waals surface area contributed by atoms with Gasteiger partial charge in [0.05, 0.1) is 12.2 Å². The summed E-state index contributed by atoms with van der Waals surface area (Å²) in [6, 6.07) is 17.8. The number of amides is 3. The third kappa shape index (κ3) is 3.55. The predicted molar refractivity (Wildman–Crippen MR) is 135 cm³/mol. The van der Waals surface area contributed by atoms with Crippen LogP contribution in [0, 0.1) is 26.6 Å². The molecular weight excluding hydrogens is 449 g/mol. The number of hydrogen-bond donors (Lipinski definition) is 1. The van der Waals surface area contributed by atoms with Gasteiger partial charge in [-0.15, -0.1) is 11.8 Å². The van der Waals surface area contributed by atoms with Crippen molar-refractivity contribution in [3.8, 4) is 0 Å². The topological polar surface area (TPSA) is 52.7 Å². The Labute approximate surface area is 202 Å². The average molecular weight is 476 g/mol. The van der Waals surface area contributed by atoms with Gasteiger partial charge in [0.2, 0.25) is 0 Å². The fraction of sp³-hybridized carbons (Fsp3) is 0.259. The van der Waals surface area contributed by atoms with Crippen LogP contribution in [-0.2, 0) is 16.2 Å². The van der Waals surface area contributed by atoms with E-state index in [1.807, 2.05) is 57.2 Å². The molecule has 0 aliphatic carbocycles. The van der Waals surface area contributed by atoms with Crippen molar-refractivity contribution in [1.82, 2.24) is 4.90 Å². The summed E-state index contributed by atoms with van der Waals surface area (Å²) in [5, 5.41) is 2.99. The lowest BCUT2D eigenvalue weighted by Crippen LogP contribution is -2.51. The van der Waals surface area contributed by atoms with Gasteiger partial charge in [0.25, 0.3) is 5.91 Å². The van der Waals surface area contributed by atoms with E-state index in [2.05, 4.69) is 5.32 Å². The predicted octanol–water partition coefficient (Wildman–Crippen LogP) is 5.73. The number of nitrogens with zero attached hydrogens (tertiary/aromatic N) is 2. The van der Waals surface area contributed by atoms with E-state index in [1.165, 1.54) is 17.8 Å². The molecule has 174 valence electrons. The number of carbonyl (C=O) groups is 2. The first-order valence-electron chi connectivity index (χ1n) is 11.3. The van der Waals surface area contributed by atoms with Crippen LogP contribution in [0.15, 0.2) is 60.7 Å². The molecule has 1 N–H and O–H groups in total. The molecule has 1 saturated heterocycles. The van der Waals surface area contributed by atoms with Gasteiger partial charge < -0.3 is 10.2 Å². The molecule has 0 radical (unpaired) electrons. The van der Waals surface area contributed by atoms with Crippen LogP contribution in [-0.4, -0.2) is 29.1 Å². The molecule has 1 atom stereocenters. The molecule has 0 unspecified atom stereocenters. The minimum atomic E-state index is -1.17. The summed E-state index contributed by atoms with van der Waals surface area (Å²) in [5.74, 6) is 0.0647. The van der Waals surface area contributed by atoms with E-state index in [9.17, 15) is 14.0 Å². The maximum atomic E-state index is 14.5. The summed E-state index contributed by atoms with van der Waals surface area (Å²) in [7, 11) is 0. The Hall–Kier alpha value is -3.32. The number of nitrogens with one attached hydrogen (secondary N) is 1. The molecule has 3 aromatic carbocycles. The van der Waals surface area contributed by atoms with Crippen molar-refractivity contribution >= 4 is 35.1 Å². The van der Waals surface area contributed by atoms with Crippen LogP contribution in [0.1, 0.15) is 27.8 Å². The van der Waals surface area contributed by atoms with Crippen LogP contribution in [0.2, 0.25) is 0 Å². The van der Waals surface area contributed by atoms with Crippen LogP contribution < -0.4 is 10.2 Å². The number of carbonyl (C=O) groups excluding carboxylic acids is 2. The lowest BCUT2D eigenvalue weighted by atomic mass is 10.0. The molecule has 1 fully saturated rings. The maximum absolute atomic E-state index is 14.5. The highest BCUT2D eigenvalue weighted by Crippen LogP contribution is 2.54. The minimum absolute atomic E-state index is 0.108. The number of hydrogen-bond acceptors (Lipinski definition) is 3. The second-order valence-corrected chi connectivity index (χ2v) is 10.2. The number of fused-ring (bicyclic) bond motifs is 2. The van der Waals surface area contributed by atoms with Gasteiger partial charge in [0.1, 0.15) is 5.82 Å². The van der Waals surface area contributed by atoms with Gasteiger partial charge in [-0.2, -0.15) is 0 Å². The molecule has 5 nitrogen and oxygen atoms in total. The molecular formula is C27H26FN3O2S. The zero-order valence-electron chi connectivity index (χ0n) is 19.4. The van der Waals surface area contributed by atoms with Crippen molar-refractivity contribution in [2.75, 3.05) is 22.5 Å². The van der Waals surface area contributed by atoms with Gasteiger partial charge in [0, 0.05) is 29.1 Å². The van der Waals surface area contributed by atoms with Crippen molar-refractivity contribution in [2.24, 2.45) is 0 Å². The quantitative estimate of drug-likeness (QED) is 0.526. The number of urea groups is 1. The Morgan fingerprint density at radius 1 is 1.06 bits per heavy atom. The fourth-order valence-corrected chi connectivity index (χ4v) is 6.15. The minimum Gasteiger partial charge on any atom is -0.308 e. The van der Waals surface area contributed by atoms with Crippen LogP contribution in [0.3, 0.4) is 0 Å². The smallest absolute Gasteiger partial charge is 0.308 e. The maximum Gasteiger partial charge on any atom is 0.323 e. The zero-order valence-corrected chi connectivity index (χ0v) is 20.2. The standard InChI is InChI=1S/C27H26FN3O2S/c1-17-8-11-24-22(14-17)27(25(32)30(24)16-20-6-4-5-7-23(20)28)31(12-13-34-27)26(33)29-21-10-9-18(2)19(3)15-21/h4-11,14-15H,12-13,16H2,1-3H3,(H,29,33)/t27-/m1/s1. The summed E-state index contributed by atoms with van der Waals surface area (Å²) in [4.78, 5) is 29.6. The lowest BCUT2D eigenvalue weighted by Gasteiger charge is -2.33. The van der Waals surface area contributed by atoms with Crippen LogP contribution in [0.25, 0.3) is 0 Å². The van der Waals surface area contributed by atoms with E-state index >= 15 is 0 Å². The van der Waals surface area contributed by atoms with E-state index in [1.54, 1.807) is 28.0 Å². The summed E-state index contributed by atoms with van der Waals surface area (Å²) in [5.41, 5.74) is 5.86. The second-order valence-electron chi connectivity index (χ2n) is 8.88. The number of benzene rings is 3. The third-order valence-corrected chi connectivity index (χ3v) is 8.06. The monoisotopic (exact) mass is 475 g/mol. The van der Waals surface area contributed by atoms with E-state index in [0.717, 1.165) is 27.9 Å². The molecule has 2 heterocycles. The summed E-state index contributed by atoms with van der Waals surface area (Å²) >= 11 is 1.46. The van der Waals surface area contributed by atoms with Crippen LogP contribution in [0.5, 0.6) is 0 Å². The molecule has 2 aliphatic heterocycles. The molecule has 34 heavy (non-hydrogen) atoms.